The Labute approximate surface area is 143 Å². The first kappa shape index (κ1) is 22.5. The van der Waals surface area contributed by atoms with Gasteiger partial charge in [0.1, 0.15) is 0 Å². The van der Waals surface area contributed by atoms with Gasteiger partial charge in [0.25, 0.3) is 0 Å². The number of hydrogen-bond donors (Lipinski definition) is 2. The van der Waals surface area contributed by atoms with E-state index in [0.717, 1.165) is 0 Å². The lowest BCUT2D eigenvalue weighted by molar-refractivity contribution is -0.408. The number of allylic oxidation sites excluding steroid dienone is 1. The number of hydrogen-bond acceptors (Lipinski definition) is 0. The number of rotatable bonds is 4. The van der Waals surface area contributed by atoms with Crippen molar-refractivity contribution >= 4 is 23.0 Å². The maximum Gasteiger partial charge on any atom is 0.460 e. The number of nitrogens with one attached hydrogen (secondary N) is 1. The van der Waals surface area contributed by atoms with Crippen molar-refractivity contribution in [2.45, 2.75) is 24.9 Å². The SMILES string of the molecule is C/C(=C(Cl)\[NH+]=C(\N)C(F)(F)C(F)(F)C(F)(F)F)c1ccccc1.[Cl-]. The highest BCUT2D eigenvalue weighted by atomic mass is 35.5. The Balaban J connectivity index is 0.00000529. The third-order valence-corrected chi connectivity index (χ3v) is 3.25. The third kappa shape index (κ3) is 4.32. The van der Waals surface area contributed by atoms with E-state index in [2.05, 4.69) is 0 Å². The van der Waals surface area contributed by atoms with E-state index in [1.807, 2.05) is 0 Å². The normalized spacial score (nSPS) is 14.8. The minimum Gasteiger partial charge on any atom is -1.00 e. The fraction of sp³-hybridized carbons (Fsp3) is 0.308. The Hall–Kier alpha value is -1.48. The fourth-order valence-corrected chi connectivity index (χ4v) is 1.66. The van der Waals surface area contributed by atoms with Crippen molar-refractivity contribution in [3.05, 3.63) is 41.1 Å². The minimum atomic E-state index is -6.48. The molecule has 0 aliphatic rings. The van der Waals surface area contributed by atoms with Crippen LogP contribution < -0.4 is 23.1 Å². The molecule has 0 fully saturated rings. The Kier molecular flexibility index (Phi) is 7.14. The molecule has 0 atom stereocenters. The first-order valence-electron chi connectivity index (χ1n) is 5.96. The molecule has 0 heterocycles. The number of alkyl halides is 7. The summed E-state index contributed by atoms with van der Waals surface area (Å²) in [4.78, 5) is 1.51. The maximum absolute atomic E-state index is 13.3. The van der Waals surface area contributed by atoms with Crippen LogP contribution in [0.15, 0.2) is 35.5 Å². The zero-order chi connectivity index (χ0) is 18.1. The van der Waals surface area contributed by atoms with Crippen LogP contribution in [0.25, 0.3) is 5.57 Å². The number of benzene rings is 1. The van der Waals surface area contributed by atoms with Crippen LogP contribution in [0.4, 0.5) is 30.7 Å². The van der Waals surface area contributed by atoms with Gasteiger partial charge < -0.3 is 12.4 Å². The van der Waals surface area contributed by atoms with E-state index >= 15 is 0 Å². The van der Waals surface area contributed by atoms with Gasteiger partial charge in [0.05, 0.1) is 0 Å². The van der Waals surface area contributed by atoms with E-state index in [1.165, 1.54) is 24.0 Å². The van der Waals surface area contributed by atoms with Gasteiger partial charge in [-0.15, -0.1) is 0 Å². The van der Waals surface area contributed by atoms with E-state index in [0.29, 0.717) is 5.56 Å². The lowest BCUT2D eigenvalue weighted by atomic mass is 10.1. The predicted octanol–water partition coefficient (Wildman–Crippen LogP) is -0.111. The van der Waals surface area contributed by atoms with Crippen molar-refractivity contribution < 1.29 is 48.1 Å². The molecule has 0 amide bonds. The highest BCUT2D eigenvalue weighted by Gasteiger charge is 2.76. The summed E-state index contributed by atoms with van der Waals surface area (Å²) in [5, 5.41) is -0.605. The van der Waals surface area contributed by atoms with Crippen LogP contribution in [-0.4, -0.2) is 23.9 Å². The molecular formula is C13H11Cl2F7N2. The van der Waals surface area contributed by atoms with Gasteiger partial charge in [-0.2, -0.15) is 30.7 Å². The molecule has 0 aromatic heterocycles. The van der Waals surface area contributed by atoms with E-state index in [4.69, 9.17) is 17.3 Å². The molecule has 3 N–H and O–H groups in total. The monoisotopic (exact) mass is 398 g/mol. The van der Waals surface area contributed by atoms with Gasteiger partial charge in [-0.25, -0.2) is 4.99 Å². The second-order valence-corrected chi connectivity index (χ2v) is 4.87. The molecule has 0 bridgehead atoms. The Morgan fingerprint density at radius 3 is 1.88 bits per heavy atom. The molecular weight excluding hydrogens is 388 g/mol. The molecule has 1 aromatic carbocycles. The largest absolute Gasteiger partial charge is 1.00 e. The highest BCUT2D eigenvalue weighted by Crippen LogP contribution is 2.45. The van der Waals surface area contributed by atoms with Crippen LogP contribution in [0.1, 0.15) is 12.5 Å². The van der Waals surface area contributed by atoms with Crippen LogP contribution >= 0.6 is 11.6 Å². The summed E-state index contributed by atoms with van der Waals surface area (Å²) in [6.07, 6.45) is -6.48. The van der Waals surface area contributed by atoms with E-state index in [9.17, 15) is 30.7 Å². The van der Waals surface area contributed by atoms with Crippen LogP contribution in [0.2, 0.25) is 0 Å². The zero-order valence-corrected chi connectivity index (χ0v) is 13.4. The van der Waals surface area contributed by atoms with Gasteiger partial charge in [-0.05, 0) is 24.1 Å². The second kappa shape index (κ2) is 7.60. The second-order valence-electron chi connectivity index (χ2n) is 4.49. The number of nitrogens with two attached hydrogens (primary N) is 1. The summed E-state index contributed by atoms with van der Waals surface area (Å²) >= 11 is 5.64. The lowest BCUT2D eigenvalue weighted by Crippen LogP contribution is -3.00. The molecule has 0 radical (unpaired) electrons. The lowest BCUT2D eigenvalue weighted by Gasteiger charge is -2.25. The molecule has 0 saturated carbocycles. The molecule has 1 rings (SSSR count). The van der Waals surface area contributed by atoms with E-state index in [-0.39, 0.29) is 18.0 Å². The van der Waals surface area contributed by atoms with Crippen molar-refractivity contribution in [2.24, 2.45) is 5.73 Å². The molecule has 0 aliphatic carbocycles. The van der Waals surface area contributed by atoms with Gasteiger partial charge in [-0.3, -0.25) is 5.73 Å². The van der Waals surface area contributed by atoms with Crippen molar-refractivity contribution in [2.75, 3.05) is 0 Å². The van der Waals surface area contributed by atoms with Crippen molar-refractivity contribution in [1.29, 1.82) is 0 Å². The molecule has 1 aromatic rings. The molecule has 0 unspecified atom stereocenters. The van der Waals surface area contributed by atoms with Crippen molar-refractivity contribution in [3.8, 4) is 0 Å². The summed E-state index contributed by atoms with van der Waals surface area (Å²) in [6.45, 7) is 1.35. The summed E-state index contributed by atoms with van der Waals surface area (Å²) in [5.41, 5.74) is 5.27. The number of amidine groups is 1. The van der Waals surface area contributed by atoms with Gasteiger partial charge in [0.2, 0.25) is 0 Å². The first-order valence-corrected chi connectivity index (χ1v) is 6.34. The van der Waals surface area contributed by atoms with Gasteiger partial charge >= 0.3 is 23.9 Å². The molecule has 0 aliphatic heterocycles. The first-order chi connectivity index (χ1) is 10.3. The quantitative estimate of drug-likeness (QED) is 0.316. The zero-order valence-electron chi connectivity index (χ0n) is 11.9. The van der Waals surface area contributed by atoms with Crippen LogP contribution in [0.3, 0.4) is 0 Å². The van der Waals surface area contributed by atoms with E-state index in [1.54, 1.807) is 18.2 Å². The fourth-order valence-electron chi connectivity index (χ4n) is 1.45. The molecule has 0 saturated heterocycles. The molecule has 24 heavy (non-hydrogen) atoms. The van der Waals surface area contributed by atoms with Crippen LogP contribution in [0, 0.1) is 0 Å². The summed E-state index contributed by atoms with van der Waals surface area (Å²) in [5.74, 6) is -14.2. The predicted molar refractivity (Wildman–Crippen MR) is 71.0 cm³/mol. The van der Waals surface area contributed by atoms with Crippen molar-refractivity contribution in [1.82, 2.24) is 0 Å². The third-order valence-electron chi connectivity index (χ3n) is 2.87. The Morgan fingerprint density at radius 2 is 1.46 bits per heavy atom. The van der Waals surface area contributed by atoms with Gasteiger partial charge in [0, 0.05) is 5.57 Å². The van der Waals surface area contributed by atoms with Crippen molar-refractivity contribution in [3.63, 3.8) is 0 Å². The molecule has 11 heteroatoms. The standard InChI is InChI=1S/C13H10ClF7N2.ClH/c1-7(8-5-3-2-4-6-8)9(14)23-10(22)11(15,16)12(17,18)13(19,20)21;/h2-6H,1H3,(H2,22,23);1H/b9-7+;. The summed E-state index contributed by atoms with van der Waals surface area (Å²) in [6, 6.07) is 7.87. The smallest absolute Gasteiger partial charge is 0.460 e. The Morgan fingerprint density at radius 1 is 1.00 bits per heavy atom. The van der Waals surface area contributed by atoms with Crippen LogP contribution in [-0.2, 0) is 0 Å². The van der Waals surface area contributed by atoms with Gasteiger partial charge in [0.15, 0.2) is 5.16 Å². The van der Waals surface area contributed by atoms with E-state index < -0.39 is 29.0 Å². The topological polar surface area (TPSA) is 40.0 Å². The molecule has 136 valence electrons. The minimum absolute atomic E-state index is 0. The highest BCUT2D eigenvalue weighted by molar-refractivity contribution is 6.30. The average molecular weight is 399 g/mol. The average Bonchev–Trinajstić information content (AvgIpc) is 2.45. The summed E-state index contributed by atoms with van der Waals surface area (Å²) in [7, 11) is 0. The van der Waals surface area contributed by atoms with Crippen LogP contribution in [0.5, 0.6) is 0 Å². The molecule has 0 spiro atoms. The molecule has 2 nitrogen and oxygen atoms in total. The van der Waals surface area contributed by atoms with Gasteiger partial charge in [-0.1, -0.05) is 30.3 Å². The Bertz CT molecular complexity index is 625. The summed E-state index contributed by atoms with van der Waals surface area (Å²) < 4.78 is 88.6. The maximum atomic E-state index is 13.3. The number of halogens is 9.